The largest absolute Gasteiger partial charge is 0.444 e. The molecule has 0 aromatic heterocycles. The molecule has 3 nitrogen and oxygen atoms in total. The van der Waals surface area contributed by atoms with Crippen molar-refractivity contribution >= 4 is 29.5 Å². The van der Waals surface area contributed by atoms with Gasteiger partial charge < -0.3 is 4.74 Å². The van der Waals surface area contributed by atoms with Crippen LogP contribution in [0.2, 0.25) is 5.02 Å². The average molecular weight is 254 g/mol. The fourth-order valence-corrected chi connectivity index (χ4v) is 1.45. The van der Waals surface area contributed by atoms with Crippen LogP contribution in [0.15, 0.2) is 24.8 Å². The molecule has 0 fully saturated rings. The molecule has 0 saturated heterocycles. The Kier molecular flexibility index (Phi) is 4.18. The van der Waals surface area contributed by atoms with Crippen LogP contribution in [-0.4, -0.2) is 11.7 Å². The van der Waals surface area contributed by atoms with Gasteiger partial charge in [0.15, 0.2) is 0 Å². The van der Waals surface area contributed by atoms with Crippen molar-refractivity contribution in [3.63, 3.8) is 0 Å². The van der Waals surface area contributed by atoms with Gasteiger partial charge in [0.25, 0.3) is 0 Å². The van der Waals surface area contributed by atoms with Gasteiger partial charge in [-0.25, -0.2) is 4.79 Å². The molecule has 17 heavy (non-hydrogen) atoms. The van der Waals surface area contributed by atoms with E-state index < -0.39 is 11.7 Å². The zero-order chi connectivity index (χ0) is 13.1. The molecule has 1 aromatic carbocycles. The quantitative estimate of drug-likeness (QED) is 0.852. The number of ether oxygens (including phenoxy) is 1. The summed E-state index contributed by atoms with van der Waals surface area (Å²) in [4.78, 5) is 11.5. The van der Waals surface area contributed by atoms with E-state index in [-0.39, 0.29) is 0 Å². The third-order valence-electron chi connectivity index (χ3n) is 1.87. The van der Waals surface area contributed by atoms with E-state index in [9.17, 15) is 4.79 Å². The predicted octanol–water partition coefficient (Wildman–Crippen LogP) is 4.33. The van der Waals surface area contributed by atoms with Crippen LogP contribution in [0.3, 0.4) is 0 Å². The number of rotatable bonds is 2. The van der Waals surface area contributed by atoms with E-state index in [1.807, 2.05) is 0 Å². The van der Waals surface area contributed by atoms with Crippen LogP contribution >= 0.6 is 11.6 Å². The molecule has 4 heteroatoms. The van der Waals surface area contributed by atoms with Gasteiger partial charge in [-0.1, -0.05) is 30.3 Å². The number of amides is 1. The summed E-state index contributed by atoms with van der Waals surface area (Å²) < 4.78 is 5.12. The van der Waals surface area contributed by atoms with Gasteiger partial charge in [-0.2, -0.15) is 0 Å². The Hall–Kier alpha value is -1.48. The molecule has 92 valence electrons. The van der Waals surface area contributed by atoms with Gasteiger partial charge in [-0.05, 0) is 38.5 Å². The summed E-state index contributed by atoms with van der Waals surface area (Å²) >= 11 is 5.98. The van der Waals surface area contributed by atoms with Crippen LogP contribution in [0, 0.1) is 0 Å². The standard InChI is InChI=1S/C13H16ClNO2/c1-5-9-6-7-10(8-11(9)14)15-12(16)17-13(2,3)4/h5-8H,1H2,2-4H3,(H,15,16). The molecule has 0 aliphatic heterocycles. The van der Waals surface area contributed by atoms with Crippen molar-refractivity contribution in [2.24, 2.45) is 0 Å². The van der Waals surface area contributed by atoms with E-state index in [1.54, 1.807) is 45.0 Å². The highest BCUT2D eigenvalue weighted by Gasteiger charge is 2.16. The van der Waals surface area contributed by atoms with Crippen LogP contribution in [0.5, 0.6) is 0 Å². The van der Waals surface area contributed by atoms with Crippen LogP contribution < -0.4 is 5.32 Å². The minimum Gasteiger partial charge on any atom is -0.444 e. The fraction of sp³-hybridized carbons (Fsp3) is 0.308. The van der Waals surface area contributed by atoms with Gasteiger partial charge in [0, 0.05) is 10.7 Å². The van der Waals surface area contributed by atoms with Crippen molar-refractivity contribution in [2.75, 3.05) is 5.32 Å². The first-order chi connectivity index (χ1) is 7.81. The zero-order valence-corrected chi connectivity index (χ0v) is 11.0. The lowest BCUT2D eigenvalue weighted by Crippen LogP contribution is -2.27. The smallest absolute Gasteiger partial charge is 0.412 e. The first kappa shape index (κ1) is 13.6. The monoisotopic (exact) mass is 253 g/mol. The maximum atomic E-state index is 11.5. The topological polar surface area (TPSA) is 38.3 Å². The van der Waals surface area contributed by atoms with E-state index >= 15 is 0 Å². The second-order valence-corrected chi connectivity index (χ2v) is 4.97. The number of hydrogen-bond acceptors (Lipinski definition) is 2. The molecule has 1 rings (SSSR count). The second-order valence-electron chi connectivity index (χ2n) is 4.57. The molecule has 0 saturated carbocycles. The summed E-state index contributed by atoms with van der Waals surface area (Å²) in [6, 6.07) is 5.18. The summed E-state index contributed by atoms with van der Waals surface area (Å²) in [7, 11) is 0. The molecule has 0 unspecified atom stereocenters. The summed E-state index contributed by atoms with van der Waals surface area (Å²) in [6.45, 7) is 9.05. The van der Waals surface area contributed by atoms with Crippen LogP contribution in [0.25, 0.3) is 6.08 Å². The molecule has 1 amide bonds. The Morgan fingerprint density at radius 2 is 2.12 bits per heavy atom. The first-order valence-electron chi connectivity index (χ1n) is 5.24. The maximum absolute atomic E-state index is 11.5. The van der Waals surface area contributed by atoms with E-state index in [1.165, 1.54) is 0 Å². The summed E-state index contributed by atoms with van der Waals surface area (Å²) in [5, 5.41) is 3.15. The molecular weight excluding hydrogens is 238 g/mol. The lowest BCUT2D eigenvalue weighted by Gasteiger charge is -2.19. The van der Waals surface area contributed by atoms with Gasteiger partial charge in [0.05, 0.1) is 0 Å². The predicted molar refractivity (Wildman–Crippen MR) is 71.4 cm³/mol. The van der Waals surface area contributed by atoms with E-state index in [0.29, 0.717) is 10.7 Å². The second kappa shape index (κ2) is 5.23. The number of carbonyl (C=O) groups excluding carboxylic acids is 1. The van der Waals surface area contributed by atoms with Crippen molar-refractivity contribution in [3.8, 4) is 0 Å². The van der Waals surface area contributed by atoms with Crippen LogP contribution in [0.1, 0.15) is 26.3 Å². The van der Waals surface area contributed by atoms with Crippen molar-refractivity contribution in [3.05, 3.63) is 35.4 Å². The molecule has 0 aliphatic rings. The molecule has 0 aliphatic carbocycles. The maximum Gasteiger partial charge on any atom is 0.412 e. The Balaban J connectivity index is 2.73. The Morgan fingerprint density at radius 3 is 2.59 bits per heavy atom. The molecule has 0 bridgehead atoms. The van der Waals surface area contributed by atoms with Gasteiger partial charge in [-0.3, -0.25) is 5.32 Å². The van der Waals surface area contributed by atoms with E-state index in [4.69, 9.17) is 16.3 Å². The van der Waals surface area contributed by atoms with Gasteiger partial charge >= 0.3 is 6.09 Å². The van der Waals surface area contributed by atoms with Gasteiger partial charge in [0.1, 0.15) is 5.60 Å². The Labute approximate surface area is 106 Å². The zero-order valence-electron chi connectivity index (χ0n) is 10.2. The Bertz CT molecular complexity index is 436. The molecular formula is C13H16ClNO2. The van der Waals surface area contributed by atoms with Crippen LogP contribution in [-0.2, 0) is 4.74 Å². The number of benzene rings is 1. The van der Waals surface area contributed by atoms with Crippen molar-refractivity contribution in [1.29, 1.82) is 0 Å². The number of carbonyl (C=O) groups is 1. The molecule has 0 atom stereocenters. The molecule has 0 radical (unpaired) electrons. The van der Waals surface area contributed by atoms with E-state index in [2.05, 4.69) is 11.9 Å². The minimum absolute atomic E-state index is 0.500. The van der Waals surface area contributed by atoms with Crippen molar-refractivity contribution in [2.45, 2.75) is 26.4 Å². The highest BCUT2D eigenvalue weighted by molar-refractivity contribution is 6.32. The average Bonchev–Trinajstić information content (AvgIpc) is 2.14. The highest BCUT2D eigenvalue weighted by atomic mass is 35.5. The Morgan fingerprint density at radius 1 is 1.47 bits per heavy atom. The minimum atomic E-state index is -0.519. The van der Waals surface area contributed by atoms with Crippen molar-refractivity contribution < 1.29 is 9.53 Å². The summed E-state index contributed by atoms with van der Waals surface area (Å²) in [5.74, 6) is 0. The molecule has 0 spiro atoms. The molecule has 1 N–H and O–H groups in total. The summed E-state index contributed by atoms with van der Waals surface area (Å²) in [5.41, 5.74) is 0.894. The lowest BCUT2D eigenvalue weighted by atomic mass is 10.2. The molecule has 0 heterocycles. The third-order valence-corrected chi connectivity index (χ3v) is 2.19. The number of nitrogens with one attached hydrogen (secondary N) is 1. The first-order valence-corrected chi connectivity index (χ1v) is 5.61. The fourth-order valence-electron chi connectivity index (χ4n) is 1.19. The number of halogens is 1. The number of hydrogen-bond donors (Lipinski definition) is 1. The highest BCUT2D eigenvalue weighted by Crippen LogP contribution is 2.22. The third kappa shape index (κ3) is 4.49. The summed E-state index contributed by atoms with van der Waals surface area (Å²) in [6.07, 6.45) is 1.15. The lowest BCUT2D eigenvalue weighted by molar-refractivity contribution is 0.0636. The molecule has 1 aromatic rings. The van der Waals surface area contributed by atoms with Crippen LogP contribution in [0.4, 0.5) is 10.5 Å². The normalized spacial score (nSPS) is 10.8. The van der Waals surface area contributed by atoms with Crippen molar-refractivity contribution in [1.82, 2.24) is 0 Å². The van der Waals surface area contributed by atoms with Gasteiger partial charge in [-0.15, -0.1) is 0 Å². The van der Waals surface area contributed by atoms with E-state index in [0.717, 1.165) is 5.56 Å². The number of anilines is 1. The van der Waals surface area contributed by atoms with Gasteiger partial charge in [0.2, 0.25) is 0 Å². The SMILES string of the molecule is C=Cc1ccc(NC(=O)OC(C)(C)C)cc1Cl.